The first-order valence-electron chi connectivity index (χ1n) is 6.83. The van der Waals surface area contributed by atoms with Gasteiger partial charge in [-0.15, -0.1) is 0 Å². The van der Waals surface area contributed by atoms with Crippen molar-refractivity contribution in [3.63, 3.8) is 0 Å². The minimum absolute atomic E-state index is 0.112. The summed E-state index contributed by atoms with van der Waals surface area (Å²) in [4.78, 5) is 22.8. The molecule has 0 heterocycles. The molecule has 0 aliphatic heterocycles. The highest BCUT2D eigenvalue weighted by Crippen LogP contribution is 2.14. The molecule has 0 saturated carbocycles. The van der Waals surface area contributed by atoms with Crippen molar-refractivity contribution in [2.24, 2.45) is 0 Å². The van der Waals surface area contributed by atoms with Crippen LogP contribution in [-0.4, -0.2) is 31.8 Å². The number of urea groups is 1. The van der Waals surface area contributed by atoms with Gasteiger partial charge in [-0.3, -0.25) is 0 Å². The van der Waals surface area contributed by atoms with Crippen LogP contribution in [0.4, 0.5) is 15.3 Å². The average Bonchev–Trinajstić information content (AvgIpc) is 2.44. The molecule has 0 aliphatic rings. The second kappa shape index (κ2) is 9.88. The zero-order valence-corrected chi connectivity index (χ0v) is 12.7. The number of hydrogen-bond acceptors (Lipinski definition) is 3. The number of carbonyl (C=O) groups excluding carboxylic acids is 2. The standard InChI is InChI=1S/C14H20ClN3O3/c1-2-3-7-17-14(20)21-9-8-16-13(19)18-12-6-4-5-11(15)10-12/h4-6,10H,2-3,7-9H2,1H3,(H,17,20)(H2,16,18,19). The van der Waals surface area contributed by atoms with Crippen LogP contribution in [0.1, 0.15) is 19.8 Å². The fourth-order valence-electron chi connectivity index (χ4n) is 1.47. The first kappa shape index (κ1) is 17.1. The molecule has 1 aromatic rings. The molecule has 0 saturated heterocycles. The third-order valence-corrected chi connectivity index (χ3v) is 2.74. The van der Waals surface area contributed by atoms with E-state index in [1.807, 2.05) is 6.92 Å². The van der Waals surface area contributed by atoms with Gasteiger partial charge in [-0.25, -0.2) is 9.59 Å². The van der Waals surface area contributed by atoms with Crippen molar-refractivity contribution in [2.75, 3.05) is 25.0 Å². The Bertz CT molecular complexity index is 469. The van der Waals surface area contributed by atoms with Crippen molar-refractivity contribution in [1.29, 1.82) is 0 Å². The Kier molecular flexibility index (Phi) is 8.04. The van der Waals surface area contributed by atoms with Gasteiger partial charge < -0.3 is 20.7 Å². The molecule has 0 bridgehead atoms. The molecule has 1 aromatic carbocycles. The molecule has 0 unspecified atom stereocenters. The molecule has 0 spiro atoms. The van der Waals surface area contributed by atoms with Gasteiger partial charge in [0.15, 0.2) is 0 Å². The van der Waals surface area contributed by atoms with Gasteiger partial charge in [-0.05, 0) is 24.6 Å². The lowest BCUT2D eigenvalue weighted by Gasteiger charge is -2.09. The van der Waals surface area contributed by atoms with Crippen LogP contribution in [0.15, 0.2) is 24.3 Å². The van der Waals surface area contributed by atoms with Crippen LogP contribution < -0.4 is 16.0 Å². The van der Waals surface area contributed by atoms with Crippen LogP contribution in [0.25, 0.3) is 0 Å². The topological polar surface area (TPSA) is 79.5 Å². The van der Waals surface area contributed by atoms with E-state index in [4.69, 9.17) is 16.3 Å². The van der Waals surface area contributed by atoms with E-state index < -0.39 is 6.09 Å². The van der Waals surface area contributed by atoms with Gasteiger partial charge in [0.05, 0.1) is 6.54 Å². The van der Waals surface area contributed by atoms with E-state index in [-0.39, 0.29) is 19.2 Å². The molecule has 7 heteroatoms. The summed E-state index contributed by atoms with van der Waals surface area (Å²) >= 11 is 5.81. The molecule has 21 heavy (non-hydrogen) atoms. The minimum atomic E-state index is -0.472. The fourth-order valence-corrected chi connectivity index (χ4v) is 1.66. The van der Waals surface area contributed by atoms with Gasteiger partial charge in [0.2, 0.25) is 0 Å². The summed E-state index contributed by atoms with van der Waals surface area (Å²) in [6.45, 7) is 2.97. The number of ether oxygens (including phenoxy) is 1. The maximum atomic E-state index is 11.6. The Morgan fingerprint density at radius 1 is 1.24 bits per heavy atom. The number of nitrogens with one attached hydrogen (secondary N) is 3. The number of amides is 3. The maximum absolute atomic E-state index is 11.6. The third-order valence-electron chi connectivity index (χ3n) is 2.50. The van der Waals surface area contributed by atoms with Gasteiger partial charge in [-0.2, -0.15) is 0 Å². The first-order valence-corrected chi connectivity index (χ1v) is 7.20. The lowest BCUT2D eigenvalue weighted by Crippen LogP contribution is -2.33. The first-order chi connectivity index (χ1) is 10.1. The molecule has 116 valence electrons. The smallest absolute Gasteiger partial charge is 0.407 e. The Labute approximate surface area is 129 Å². The fraction of sp³-hybridized carbons (Fsp3) is 0.429. The quantitative estimate of drug-likeness (QED) is 0.677. The van der Waals surface area contributed by atoms with Gasteiger partial charge in [0, 0.05) is 17.3 Å². The van der Waals surface area contributed by atoms with Gasteiger partial charge in [-0.1, -0.05) is 31.0 Å². The lowest BCUT2D eigenvalue weighted by molar-refractivity contribution is 0.147. The van der Waals surface area contributed by atoms with Crippen molar-refractivity contribution in [3.8, 4) is 0 Å². The van der Waals surface area contributed by atoms with E-state index in [1.54, 1.807) is 24.3 Å². The summed E-state index contributed by atoms with van der Waals surface area (Å²) in [5.74, 6) is 0. The summed E-state index contributed by atoms with van der Waals surface area (Å²) in [6.07, 6.45) is 1.45. The Morgan fingerprint density at radius 2 is 2.05 bits per heavy atom. The van der Waals surface area contributed by atoms with Crippen molar-refractivity contribution in [2.45, 2.75) is 19.8 Å². The normalized spacial score (nSPS) is 9.81. The zero-order valence-electron chi connectivity index (χ0n) is 11.9. The van der Waals surface area contributed by atoms with E-state index in [9.17, 15) is 9.59 Å². The average molecular weight is 314 g/mol. The molecule has 0 aromatic heterocycles. The van der Waals surface area contributed by atoms with Gasteiger partial charge in [0.25, 0.3) is 0 Å². The molecular formula is C14H20ClN3O3. The van der Waals surface area contributed by atoms with E-state index in [0.717, 1.165) is 12.8 Å². The van der Waals surface area contributed by atoms with Crippen molar-refractivity contribution >= 4 is 29.4 Å². The highest BCUT2D eigenvalue weighted by atomic mass is 35.5. The molecule has 0 atom stereocenters. The summed E-state index contributed by atoms with van der Waals surface area (Å²) in [5.41, 5.74) is 0.596. The predicted molar refractivity (Wildman–Crippen MR) is 82.7 cm³/mol. The van der Waals surface area contributed by atoms with Crippen LogP contribution in [-0.2, 0) is 4.74 Å². The number of alkyl carbamates (subject to hydrolysis) is 1. The third kappa shape index (κ3) is 8.04. The number of halogens is 1. The number of unbranched alkanes of at least 4 members (excludes halogenated alkanes) is 1. The van der Waals surface area contributed by atoms with Gasteiger partial charge in [0.1, 0.15) is 6.61 Å². The number of hydrogen-bond donors (Lipinski definition) is 3. The Hall–Kier alpha value is -1.95. The number of rotatable bonds is 7. The molecule has 0 radical (unpaired) electrons. The summed E-state index contributed by atoms with van der Waals surface area (Å²) in [5, 5.41) is 8.35. The minimum Gasteiger partial charge on any atom is -0.448 e. The van der Waals surface area contributed by atoms with Crippen molar-refractivity contribution in [3.05, 3.63) is 29.3 Å². The van der Waals surface area contributed by atoms with Crippen LogP contribution in [0.3, 0.4) is 0 Å². The maximum Gasteiger partial charge on any atom is 0.407 e. The second-order valence-electron chi connectivity index (χ2n) is 4.31. The van der Waals surface area contributed by atoms with Crippen LogP contribution >= 0.6 is 11.6 Å². The van der Waals surface area contributed by atoms with Crippen LogP contribution in [0.5, 0.6) is 0 Å². The molecule has 1 rings (SSSR count). The van der Waals surface area contributed by atoms with E-state index in [1.165, 1.54) is 0 Å². The Morgan fingerprint density at radius 3 is 2.76 bits per heavy atom. The Balaban J connectivity index is 2.12. The monoisotopic (exact) mass is 313 g/mol. The van der Waals surface area contributed by atoms with Crippen molar-refractivity contribution in [1.82, 2.24) is 10.6 Å². The van der Waals surface area contributed by atoms with Crippen LogP contribution in [0, 0.1) is 0 Å². The second-order valence-corrected chi connectivity index (χ2v) is 4.74. The summed E-state index contributed by atoms with van der Waals surface area (Å²) in [6, 6.07) is 6.44. The summed E-state index contributed by atoms with van der Waals surface area (Å²) < 4.78 is 4.89. The lowest BCUT2D eigenvalue weighted by atomic mass is 10.3. The molecule has 3 N–H and O–H groups in total. The molecule has 0 aliphatic carbocycles. The largest absolute Gasteiger partial charge is 0.448 e. The van der Waals surface area contributed by atoms with E-state index in [0.29, 0.717) is 17.3 Å². The summed E-state index contributed by atoms with van der Waals surface area (Å²) in [7, 11) is 0. The number of anilines is 1. The van der Waals surface area contributed by atoms with Gasteiger partial charge >= 0.3 is 12.1 Å². The van der Waals surface area contributed by atoms with E-state index >= 15 is 0 Å². The molecule has 3 amide bonds. The zero-order chi connectivity index (χ0) is 15.5. The predicted octanol–water partition coefficient (Wildman–Crippen LogP) is 2.99. The van der Waals surface area contributed by atoms with Crippen molar-refractivity contribution < 1.29 is 14.3 Å². The molecular weight excluding hydrogens is 294 g/mol. The highest BCUT2D eigenvalue weighted by molar-refractivity contribution is 6.30. The number of benzene rings is 1. The van der Waals surface area contributed by atoms with E-state index in [2.05, 4.69) is 16.0 Å². The SMILES string of the molecule is CCCCNC(=O)OCCNC(=O)Nc1cccc(Cl)c1. The molecule has 0 fully saturated rings. The molecule has 6 nitrogen and oxygen atoms in total. The number of carbonyl (C=O) groups is 2. The van der Waals surface area contributed by atoms with Crippen LogP contribution in [0.2, 0.25) is 5.02 Å². The highest BCUT2D eigenvalue weighted by Gasteiger charge is 2.03.